The van der Waals surface area contributed by atoms with Gasteiger partial charge in [-0.15, -0.1) is 0 Å². The van der Waals surface area contributed by atoms with E-state index in [0.29, 0.717) is 24.2 Å². The fourth-order valence-corrected chi connectivity index (χ4v) is 2.88. The molecule has 0 aliphatic carbocycles. The van der Waals surface area contributed by atoms with Gasteiger partial charge in [0, 0.05) is 25.7 Å². The molecule has 96 valence electrons. The van der Waals surface area contributed by atoms with Crippen LogP contribution < -0.4 is 5.73 Å². The number of nitrogens with zero attached hydrogens (tertiary/aromatic N) is 1. The number of hydrogen-bond acceptors (Lipinski definition) is 3. The maximum atomic E-state index is 5.94. The minimum atomic E-state index is 0.339. The predicted octanol–water partition coefficient (Wildman–Crippen LogP) is 1.86. The first-order valence-electron chi connectivity index (χ1n) is 6.68. The molecule has 1 fully saturated rings. The van der Waals surface area contributed by atoms with Crippen LogP contribution in [0.1, 0.15) is 40.5 Å². The van der Waals surface area contributed by atoms with Crippen LogP contribution in [-0.2, 0) is 4.74 Å². The van der Waals surface area contributed by atoms with Crippen molar-refractivity contribution in [1.82, 2.24) is 4.90 Å². The summed E-state index contributed by atoms with van der Waals surface area (Å²) in [5.41, 5.74) is 5.94. The van der Waals surface area contributed by atoms with Crippen molar-refractivity contribution in [2.24, 2.45) is 11.7 Å². The SMILES string of the molecule is CCCC(C)C(CN)N1CC(C)OC(C)C1. The van der Waals surface area contributed by atoms with Crippen molar-refractivity contribution in [3.63, 3.8) is 0 Å². The van der Waals surface area contributed by atoms with E-state index in [0.717, 1.165) is 19.6 Å². The van der Waals surface area contributed by atoms with Gasteiger partial charge in [0.05, 0.1) is 12.2 Å². The lowest BCUT2D eigenvalue weighted by Gasteiger charge is -2.42. The van der Waals surface area contributed by atoms with Crippen molar-refractivity contribution in [2.75, 3.05) is 19.6 Å². The molecule has 1 saturated heterocycles. The number of hydrogen-bond donors (Lipinski definition) is 1. The van der Waals surface area contributed by atoms with Gasteiger partial charge in [-0.25, -0.2) is 0 Å². The molecule has 1 heterocycles. The average Bonchev–Trinajstić information content (AvgIpc) is 2.17. The van der Waals surface area contributed by atoms with Gasteiger partial charge < -0.3 is 10.5 Å². The largest absolute Gasteiger partial charge is 0.373 e. The number of morpholine rings is 1. The summed E-state index contributed by atoms with van der Waals surface area (Å²) in [6.07, 6.45) is 3.19. The normalized spacial score (nSPS) is 31.3. The topological polar surface area (TPSA) is 38.5 Å². The highest BCUT2D eigenvalue weighted by molar-refractivity contribution is 4.83. The Morgan fingerprint density at radius 2 is 1.88 bits per heavy atom. The lowest BCUT2D eigenvalue weighted by Crippen LogP contribution is -2.54. The molecule has 0 spiro atoms. The van der Waals surface area contributed by atoms with Crippen LogP contribution in [0.3, 0.4) is 0 Å². The van der Waals surface area contributed by atoms with E-state index in [-0.39, 0.29) is 0 Å². The van der Waals surface area contributed by atoms with Crippen LogP contribution in [0.25, 0.3) is 0 Å². The Balaban J connectivity index is 2.57. The Kier molecular flexibility index (Phi) is 5.73. The molecule has 3 heteroatoms. The fraction of sp³-hybridized carbons (Fsp3) is 1.00. The van der Waals surface area contributed by atoms with Crippen LogP contribution in [0.4, 0.5) is 0 Å². The molecule has 1 aliphatic rings. The van der Waals surface area contributed by atoms with E-state index in [1.807, 2.05) is 0 Å². The maximum absolute atomic E-state index is 5.94. The zero-order valence-corrected chi connectivity index (χ0v) is 11.3. The van der Waals surface area contributed by atoms with Crippen LogP contribution in [0, 0.1) is 5.92 Å². The molecule has 0 saturated carbocycles. The summed E-state index contributed by atoms with van der Waals surface area (Å²) >= 11 is 0. The molecule has 2 N–H and O–H groups in total. The fourth-order valence-electron chi connectivity index (χ4n) is 2.88. The van der Waals surface area contributed by atoms with E-state index in [9.17, 15) is 0 Å². The molecule has 16 heavy (non-hydrogen) atoms. The van der Waals surface area contributed by atoms with E-state index in [1.54, 1.807) is 0 Å². The maximum Gasteiger partial charge on any atom is 0.0678 e. The molecule has 4 unspecified atom stereocenters. The van der Waals surface area contributed by atoms with Gasteiger partial charge >= 0.3 is 0 Å². The summed E-state index contributed by atoms with van der Waals surface area (Å²) in [6, 6.07) is 0.522. The third kappa shape index (κ3) is 3.72. The van der Waals surface area contributed by atoms with Gasteiger partial charge in [0.25, 0.3) is 0 Å². The first-order chi connectivity index (χ1) is 7.58. The predicted molar refractivity (Wildman–Crippen MR) is 68.5 cm³/mol. The Hall–Kier alpha value is -0.120. The Labute approximate surface area is 100 Å². The monoisotopic (exact) mass is 228 g/mol. The smallest absolute Gasteiger partial charge is 0.0678 e. The second-order valence-corrected chi connectivity index (χ2v) is 5.28. The summed E-state index contributed by atoms with van der Waals surface area (Å²) in [6.45, 7) is 11.7. The summed E-state index contributed by atoms with van der Waals surface area (Å²) in [5, 5.41) is 0. The molecule has 1 rings (SSSR count). The lowest BCUT2D eigenvalue weighted by molar-refractivity contribution is -0.0853. The number of rotatable bonds is 5. The molecule has 3 nitrogen and oxygen atoms in total. The van der Waals surface area contributed by atoms with Gasteiger partial charge in [-0.2, -0.15) is 0 Å². The molecular weight excluding hydrogens is 200 g/mol. The van der Waals surface area contributed by atoms with Crippen molar-refractivity contribution in [1.29, 1.82) is 0 Å². The third-order valence-corrected chi connectivity index (χ3v) is 3.56. The highest BCUT2D eigenvalue weighted by Gasteiger charge is 2.29. The Morgan fingerprint density at radius 3 is 2.31 bits per heavy atom. The van der Waals surface area contributed by atoms with Crippen molar-refractivity contribution < 1.29 is 4.74 Å². The lowest BCUT2D eigenvalue weighted by atomic mass is 9.94. The van der Waals surface area contributed by atoms with Crippen molar-refractivity contribution in [2.45, 2.75) is 58.8 Å². The van der Waals surface area contributed by atoms with Gasteiger partial charge in [0.15, 0.2) is 0 Å². The van der Waals surface area contributed by atoms with E-state index in [2.05, 4.69) is 32.6 Å². The van der Waals surface area contributed by atoms with Gasteiger partial charge in [0.2, 0.25) is 0 Å². The zero-order chi connectivity index (χ0) is 12.1. The molecule has 0 aromatic heterocycles. The Bertz CT molecular complexity index is 188. The molecular formula is C13H28N2O. The van der Waals surface area contributed by atoms with Gasteiger partial charge in [0.1, 0.15) is 0 Å². The molecule has 0 bridgehead atoms. The van der Waals surface area contributed by atoms with Crippen molar-refractivity contribution >= 4 is 0 Å². The molecule has 0 aromatic rings. The highest BCUT2D eigenvalue weighted by atomic mass is 16.5. The zero-order valence-electron chi connectivity index (χ0n) is 11.3. The van der Waals surface area contributed by atoms with E-state index in [1.165, 1.54) is 12.8 Å². The van der Waals surface area contributed by atoms with Crippen LogP contribution in [-0.4, -0.2) is 42.8 Å². The van der Waals surface area contributed by atoms with Crippen molar-refractivity contribution in [3.05, 3.63) is 0 Å². The number of nitrogens with two attached hydrogens (primary N) is 1. The van der Waals surface area contributed by atoms with Crippen LogP contribution in [0.5, 0.6) is 0 Å². The standard InChI is InChI=1S/C13H28N2O/c1-5-6-10(2)13(7-14)15-8-11(3)16-12(4)9-15/h10-13H,5-9,14H2,1-4H3. The molecule has 0 aromatic carbocycles. The molecule has 0 radical (unpaired) electrons. The van der Waals surface area contributed by atoms with Crippen LogP contribution in [0.2, 0.25) is 0 Å². The van der Waals surface area contributed by atoms with Crippen LogP contribution >= 0.6 is 0 Å². The second-order valence-electron chi connectivity index (χ2n) is 5.28. The third-order valence-electron chi connectivity index (χ3n) is 3.56. The molecule has 0 amide bonds. The van der Waals surface area contributed by atoms with Gasteiger partial charge in [-0.05, 0) is 26.2 Å². The highest BCUT2D eigenvalue weighted by Crippen LogP contribution is 2.20. The summed E-state index contributed by atoms with van der Waals surface area (Å²) in [7, 11) is 0. The summed E-state index contributed by atoms with van der Waals surface area (Å²) < 4.78 is 5.77. The summed E-state index contributed by atoms with van der Waals surface area (Å²) in [5.74, 6) is 0.687. The average molecular weight is 228 g/mol. The van der Waals surface area contributed by atoms with E-state index < -0.39 is 0 Å². The van der Waals surface area contributed by atoms with Crippen LogP contribution in [0.15, 0.2) is 0 Å². The minimum absolute atomic E-state index is 0.339. The Morgan fingerprint density at radius 1 is 1.31 bits per heavy atom. The second kappa shape index (κ2) is 6.58. The van der Waals surface area contributed by atoms with E-state index >= 15 is 0 Å². The first kappa shape index (κ1) is 13.9. The minimum Gasteiger partial charge on any atom is -0.373 e. The molecule has 4 atom stereocenters. The molecule has 1 aliphatic heterocycles. The first-order valence-corrected chi connectivity index (χ1v) is 6.68. The quantitative estimate of drug-likeness (QED) is 0.780. The summed E-state index contributed by atoms with van der Waals surface area (Å²) in [4.78, 5) is 2.53. The van der Waals surface area contributed by atoms with Gasteiger partial charge in [-0.1, -0.05) is 20.3 Å². The number of ether oxygens (including phenoxy) is 1. The van der Waals surface area contributed by atoms with Crippen molar-refractivity contribution in [3.8, 4) is 0 Å². The van der Waals surface area contributed by atoms with Gasteiger partial charge in [-0.3, -0.25) is 4.90 Å². The van der Waals surface area contributed by atoms with E-state index in [4.69, 9.17) is 10.5 Å².